The summed E-state index contributed by atoms with van der Waals surface area (Å²) >= 11 is 5.80. The number of rotatable bonds is 4. The maximum Gasteiger partial charge on any atom is 0.356 e. The second-order valence-electron chi connectivity index (χ2n) is 2.49. The van der Waals surface area contributed by atoms with Crippen LogP contribution in [0.25, 0.3) is 0 Å². The molecule has 0 amide bonds. The van der Waals surface area contributed by atoms with Crippen LogP contribution in [0.4, 0.5) is 0 Å². The second-order valence-corrected chi connectivity index (χ2v) is 3.02. The fourth-order valence-corrected chi connectivity index (χ4v) is 1.08. The molecule has 5 nitrogen and oxygen atoms in total. The first-order chi connectivity index (χ1) is 6.15. The van der Waals surface area contributed by atoms with E-state index in [1.54, 1.807) is 0 Å². The molecule has 1 aromatic rings. The second kappa shape index (κ2) is 4.25. The van der Waals surface area contributed by atoms with Crippen molar-refractivity contribution in [2.24, 2.45) is 0 Å². The predicted molar refractivity (Wildman–Crippen MR) is 45.8 cm³/mol. The normalized spacial score (nSPS) is 12.8. The van der Waals surface area contributed by atoms with E-state index in [1.807, 2.05) is 0 Å². The first kappa shape index (κ1) is 10.0. The van der Waals surface area contributed by atoms with E-state index in [0.29, 0.717) is 12.1 Å². The lowest BCUT2D eigenvalue weighted by Gasteiger charge is -2.02. The van der Waals surface area contributed by atoms with Gasteiger partial charge in [0.05, 0.1) is 11.1 Å². The fraction of sp³-hybridized carbons (Fsp3) is 0.429. The van der Waals surface area contributed by atoms with Crippen molar-refractivity contribution in [2.75, 3.05) is 6.61 Å². The highest BCUT2D eigenvalue weighted by atomic mass is 35.5. The topological polar surface area (TPSA) is 86.2 Å². The van der Waals surface area contributed by atoms with E-state index >= 15 is 0 Å². The van der Waals surface area contributed by atoms with Gasteiger partial charge >= 0.3 is 5.97 Å². The van der Waals surface area contributed by atoms with Crippen LogP contribution in [-0.2, 0) is 0 Å². The summed E-state index contributed by atoms with van der Waals surface area (Å²) in [6.07, 6.45) is 0.364. The maximum atomic E-state index is 10.4. The number of carboxylic acid groups (broad SMARTS) is 1. The van der Waals surface area contributed by atoms with Crippen molar-refractivity contribution >= 4 is 17.6 Å². The molecule has 1 heterocycles. The van der Waals surface area contributed by atoms with E-state index in [4.69, 9.17) is 21.8 Å². The van der Waals surface area contributed by atoms with Gasteiger partial charge < -0.3 is 10.2 Å². The summed E-state index contributed by atoms with van der Waals surface area (Å²) in [6.45, 7) is -0.0460. The number of hydrogen-bond donors (Lipinski definition) is 3. The van der Waals surface area contributed by atoms with Crippen LogP contribution in [0.2, 0.25) is 0 Å². The average molecular weight is 205 g/mol. The summed E-state index contributed by atoms with van der Waals surface area (Å²) in [5, 5.41) is 22.7. The molecule has 0 aromatic carbocycles. The highest BCUT2D eigenvalue weighted by molar-refractivity contribution is 6.20. The zero-order valence-corrected chi connectivity index (χ0v) is 7.45. The van der Waals surface area contributed by atoms with E-state index in [-0.39, 0.29) is 12.3 Å². The van der Waals surface area contributed by atoms with Crippen LogP contribution in [0.3, 0.4) is 0 Å². The van der Waals surface area contributed by atoms with Gasteiger partial charge in [-0.05, 0) is 12.5 Å². The molecular formula is C7H9ClN2O3. The van der Waals surface area contributed by atoms with Gasteiger partial charge in [0.1, 0.15) is 0 Å². The summed E-state index contributed by atoms with van der Waals surface area (Å²) in [7, 11) is 0. The summed E-state index contributed by atoms with van der Waals surface area (Å²) in [5.41, 5.74) is 0.437. The van der Waals surface area contributed by atoms with Crippen molar-refractivity contribution < 1.29 is 15.0 Å². The van der Waals surface area contributed by atoms with E-state index < -0.39 is 11.3 Å². The van der Waals surface area contributed by atoms with Crippen LogP contribution in [0.5, 0.6) is 0 Å². The molecule has 13 heavy (non-hydrogen) atoms. The number of aromatic amines is 1. The third kappa shape index (κ3) is 2.43. The third-order valence-electron chi connectivity index (χ3n) is 1.54. The molecule has 1 unspecified atom stereocenters. The Labute approximate surface area is 79.3 Å². The first-order valence-corrected chi connectivity index (χ1v) is 4.12. The third-order valence-corrected chi connectivity index (χ3v) is 1.99. The van der Waals surface area contributed by atoms with Gasteiger partial charge in [0.2, 0.25) is 0 Å². The van der Waals surface area contributed by atoms with Crippen molar-refractivity contribution in [1.29, 1.82) is 0 Å². The monoisotopic (exact) mass is 204 g/mol. The molecule has 0 radical (unpaired) electrons. The highest BCUT2D eigenvalue weighted by Crippen LogP contribution is 2.21. The van der Waals surface area contributed by atoms with Crippen LogP contribution in [0, 0.1) is 0 Å². The van der Waals surface area contributed by atoms with Gasteiger partial charge in [-0.2, -0.15) is 5.10 Å². The molecule has 6 heteroatoms. The Morgan fingerprint density at radius 3 is 2.92 bits per heavy atom. The number of aromatic nitrogens is 2. The quantitative estimate of drug-likeness (QED) is 0.633. The van der Waals surface area contributed by atoms with Crippen LogP contribution in [0.15, 0.2) is 6.07 Å². The number of nitrogens with zero attached hydrogens (tertiary/aromatic N) is 1. The Hall–Kier alpha value is -1.07. The molecule has 0 aliphatic heterocycles. The molecule has 0 aliphatic rings. The van der Waals surface area contributed by atoms with Gasteiger partial charge in [-0.1, -0.05) is 0 Å². The number of hydrogen-bond acceptors (Lipinski definition) is 3. The van der Waals surface area contributed by atoms with E-state index in [1.165, 1.54) is 6.07 Å². The van der Waals surface area contributed by atoms with Gasteiger partial charge in [-0.25, -0.2) is 4.79 Å². The number of nitrogens with one attached hydrogen (secondary N) is 1. The molecule has 0 bridgehead atoms. The molecule has 3 N–H and O–H groups in total. The average Bonchev–Trinajstić information content (AvgIpc) is 2.52. The number of aliphatic hydroxyl groups is 1. The number of halogens is 1. The molecule has 0 fully saturated rings. The SMILES string of the molecule is O=C(O)c1cc(C(Cl)CCO)[nH]n1. The highest BCUT2D eigenvalue weighted by Gasteiger charge is 2.13. The number of aromatic carboxylic acids is 1. The molecule has 0 spiro atoms. The minimum atomic E-state index is -1.10. The Balaban J connectivity index is 2.73. The van der Waals surface area contributed by atoms with Crippen molar-refractivity contribution in [3.05, 3.63) is 17.5 Å². The molecular weight excluding hydrogens is 196 g/mol. The lowest BCUT2D eigenvalue weighted by Crippen LogP contribution is -1.95. The minimum Gasteiger partial charge on any atom is -0.476 e. The van der Waals surface area contributed by atoms with Gasteiger partial charge in [0, 0.05) is 6.61 Å². The Morgan fingerprint density at radius 2 is 2.46 bits per heavy atom. The standard InChI is InChI=1S/C7H9ClN2O3/c8-4(1-2-11)5-3-6(7(12)13)10-9-5/h3-4,11H,1-2H2,(H,9,10)(H,12,13). The lowest BCUT2D eigenvalue weighted by atomic mass is 10.2. The van der Waals surface area contributed by atoms with Gasteiger partial charge in [-0.15, -0.1) is 11.6 Å². The molecule has 0 aliphatic carbocycles. The van der Waals surface area contributed by atoms with Gasteiger partial charge in [0.25, 0.3) is 0 Å². The zero-order valence-electron chi connectivity index (χ0n) is 6.70. The number of H-pyrrole nitrogens is 1. The maximum absolute atomic E-state index is 10.4. The smallest absolute Gasteiger partial charge is 0.356 e. The summed E-state index contributed by atoms with van der Waals surface area (Å²) < 4.78 is 0. The van der Waals surface area contributed by atoms with Gasteiger partial charge in [0.15, 0.2) is 5.69 Å². The van der Waals surface area contributed by atoms with Gasteiger partial charge in [-0.3, -0.25) is 5.10 Å². The number of carbonyl (C=O) groups is 1. The summed E-state index contributed by atoms with van der Waals surface area (Å²) in [5.74, 6) is -1.10. The summed E-state index contributed by atoms with van der Waals surface area (Å²) in [6, 6.07) is 1.36. The zero-order chi connectivity index (χ0) is 9.84. The van der Waals surface area contributed by atoms with E-state index in [9.17, 15) is 4.79 Å². The number of carboxylic acids is 1. The molecule has 0 saturated carbocycles. The van der Waals surface area contributed by atoms with Crippen LogP contribution in [-0.4, -0.2) is 33.0 Å². The molecule has 0 saturated heterocycles. The Morgan fingerprint density at radius 1 is 1.77 bits per heavy atom. The minimum absolute atomic E-state index is 0.0460. The van der Waals surface area contributed by atoms with Crippen LogP contribution >= 0.6 is 11.6 Å². The molecule has 72 valence electrons. The molecule has 1 atom stereocenters. The van der Waals surface area contributed by atoms with E-state index in [2.05, 4.69) is 10.2 Å². The van der Waals surface area contributed by atoms with Crippen molar-refractivity contribution in [2.45, 2.75) is 11.8 Å². The molecule has 1 rings (SSSR count). The van der Waals surface area contributed by atoms with Crippen molar-refractivity contribution in [3.63, 3.8) is 0 Å². The fourth-order valence-electron chi connectivity index (χ4n) is 0.875. The van der Waals surface area contributed by atoms with Crippen LogP contribution in [0.1, 0.15) is 28.0 Å². The first-order valence-electron chi connectivity index (χ1n) is 3.68. The largest absolute Gasteiger partial charge is 0.476 e. The van der Waals surface area contributed by atoms with E-state index in [0.717, 1.165) is 0 Å². The number of aliphatic hydroxyl groups excluding tert-OH is 1. The Bertz CT molecular complexity index is 300. The molecule has 1 aromatic heterocycles. The summed E-state index contributed by atoms with van der Waals surface area (Å²) in [4.78, 5) is 10.4. The van der Waals surface area contributed by atoms with Crippen LogP contribution < -0.4 is 0 Å². The lowest BCUT2D eigenvalue weighted by molar-refractivity contribution is 0.0690. The predicted octanol–water partition coefficient (Wildman–Crippen LogP) is 0.770. The number of alkyl halides is 1. The Kier molecular flexibility index (Phi) is 3.27. The van der Waals surface area contributed by atoms with Crippen molar-refractivity contribution in [1.82, 2.24) is 10.2 Å². The van der Waals surface area contributed by atoms with Crippen molar-refractivity contribution in [3.8, 4) is 0 Å².